The number of carboxylic acid groups (broad SMARTS) is 1. The highest BCUT2D eigenvalue weighted by molar-refractivity contribution is 5.94. The number of nitrogens with one attached hydrogen (secondary N) is 1. The highest BCUT2D eigenvalue weighted by atomic mass is 16.4. The van der Waals surface area contributed by atoms with Crippen LogP contribution >= 0.6 is 0 Å². The van der Waals surface area contributed by atoms with Crippen LogP contribution in [0.5, 0.6) is 5.75 Å². The molecule has 0 aliphatic carbocycles. The van der Waals surface area contributed by atoms with Crippen molar-refractivity contribution in [3.63, 3.8) is 0 Å². The minimum Gasteiger partial charge on any atom is -0.508 e. The average molecular weight is 236 g/mol. The predicted molar refractivity (Wildman–Crippen MR) is 59.8 cm³/mol. The molecule has 1 aromatic carbocycles. The van der Waals surface area contributed by atoms with Gasteiger partial charge in [-0.25, -0.2) is 4.79 Å². The number of aromatic carboxylic acids is 1. The Morgan fingerprint density at radius 1 is 1.47 bits per heavy atom. The zero-order valence-electron chi connectivity index (χ0n) is 8.93. The van der Waals surface area contributed by atoms with Gasteiger partial charge in [-0.15, -0.1) is 0 Å². The molecule has 2 rings (SSSR count). The van der Waals surface area contributed by atoms with Gasteiger partial charge in [0.25, 0.3) is 0 Å². The molecule has 0 bridgehead atoms. The molecule has 0 spiro atoms. The summed E-state index contributed by atoms with van der Waals surface area (Å²) >= 11 is 0. The van der Waals surface area contributed by atoms with Crippen molar-refractivity contribution in [1.29, 1.82) is 0 Å². The lowest BCUT2D eigenvalue weighted by Gasteiger charge is -2.12. The molecule has 5 N–H and O–H groups in total. The van der Waals surface area contributed by atoms with Crippen LogP contribution in [0, 0.1) is 0 Å². The minimum absolute atomic E-state index is 0.0876. The molecular weight excluding hydrogens is 224 g/mol. The van der Waals surface area contributed by atoms with Crippen molar-refractivity contribution in [1.82, 2.24) is 5.32 Å². The second-order valence-corrected chi connectivity index (χ2v) is 4.01. The quantitative estimate of drug-likeness (QED) is 0.435. The number of phenols is 1. The first-order valence-corrected chi connectivity index (χ1v) is 5.11. The van der Waals surface area contributed by atoms with Gasteiger partial charge in [0.05, 0.1) is 5.56 Å². The monoisotopic (exact) mass is 236 g/mol. The molecule has 1 unspecified atom stereocenters. The molecule has 1 aliphatic rings. The first-order valence-electron chi connectivity index (χ1n) is 5.11. The van der Waals surface area contributed by atoms with Crippen molar-refractivity contribution >= 4 is 17.6 Å². The first-order chi connectivity index (χ1) is 7.99. The number of hydrogen-bond acceptors (Lipinski definition) is 4. The normalized spacial score (nSPS) is 19.1. The molecule has 1 atom stereocenters. The van der Waals surface area contributed by atoms with E-state index in [9.17, 15) is 14.7 Å². The number of benzene rings is 1. The third kappa shape index (κ3) is 2.01. The van der Waals surface area contributed by atoms with Crippen LogP contribution in [0.4, 0.5) is 5.69 Å². The molecule has 0 aromatic heterocycles. The predicted octanol–water partition coefficient (Wildman–Crippen LogP) is 0.276. The van der Waals surface area contributed by atoms with Crippen LogP contribution in [-0.4, -0.2) is 28.6 Å². The molecule has 6 nitrogen and oxygen atoms in total. The highest BCUT2D eigenvalue weighted by Crippen LogP contribution is 2.33. The van der Waals surface area contributed by atoms with Gasteiger partial charge in [-0.3, -0.25) is 4.79 Å². The van der Waals surface area contributed by atoms with E-state index in [1.54, 1.807) is 0 Å². The number of phenolic OH excluding ortho intramolecular Hbond substituents is 1. The molecule has 90 valence electrons. The van der Waals surface area contributed by atoms with Crippen LogP contribution in [0.3, 0.4) is 0 Å². The number of amides is 1. The Morgan fingerprint density at radius 3 is 2.71 bits per heavy atom. The van der Waals surface area contributed by atoms with E-state index in [2.05, 4.69) is 5.32 Å². The molecule has 0 radical (unpaired) electrons. The lowest BCUT2D eigenvalue weighted by molar-refractivity contribution is -0.119. The number of nitrogens with two attached hydrogens (primary N) is 1. The molecule has 1 amide bonds. The van der Waals surface area contributed by atoms with Crippen molar-refractivity contribution in [2.75, 3.05) is 12.3 Å². The Kier molecular flexibility index (Phi) is 2.63. The summed E-state index contributed by atoms with van der Waals surface area (Å²) in [7, 11) is 0. The van der Waals surface area contributed by atoms with E-state index in [4.69, 9.17) is 10.8 Å². The van der Waals surface area contributed by atoms with Gasteiger partial charge in [0.2, 0.25) is 5.91 Å². The molecule has 1 aliphatic heterocycles. The fraction of sp³-hybridized carbons (Fsp3) is 0.273. The van der Waals surface area contributed by atoms with Crippen LogP contribution in [0.15, 0.2) is 12.1 Å². The summed E-state index contributed by atoms with van der Waals surface area (Å²) in [4.78, 5) is 21.9. The first kappa shape index (κ1) is 11.3. The second-order valence-electron chi connectivity index (χ2n) is 4.01. The Bertz CT molecular complexity index is 498. The van der Waals surface area contributed by atoms with E-state index in [1.807, 2.05) is 0 Å². The molecule has 1 aromatic rings. The number of carbonyl (C=O) groups is 2. The van der Waals surface area contributed by atoms with Gasteiger partial charge < -0.3 is 21.3 Å². The summed E-state index contributed by atoms with van der Waals surface area (Å²) in [5.74, 6) is -1.58. The summed E-state index contributed by atoms with van der Waals surface area (Å²) in [6, 6.07) is 2.54. The van der Waals surface area contributed by atoms with Gasteiger partial charge in [0.15, 0.2) is 0 Å². The van der Waals surface area contributed by atoms with E-state index in [1.165, 1.54) is 6.07 Å². The number of rotatable bonds is 2. The summed E-state index contributed by atoms with van der Waals surface area (Å²) in [6.07, 6.45) is 0.277. The fourth-order valence-corrected chi connectivity index (χ4v) is 1.96. The number of nitrogen functional groups attached to an aromatic ring is 1. The van der Waals surface area contributed by atoms with Crippen molar-refractivity contribution in [3.05, 3.63) is 23.3 Å². The van der Waals surface area contributed by atoms with Gasteiger partial charge in [-0.2, -0.15) is 0 Å². The largest absolute Gasteiger partial charge is 0.508 e. The molecule has 1 heterocycles. The van der Waals surface area contributed by atoms with E-state index < -0.39 is 5.97 Å². The maximum Gasteiger partial charge on any atom is 0.337 e. The number of carboxylic acids is 1. The third-order valence-corrected chi connectivity index (χ3v) is 2.85. The Hall–Kier alpha value is -2.24. The van der Waals surface area contributed by atoms with Crippen molar-refractivity contribution in [3.8, 4) is 5.75 Å². The van der Waals surface area contributed by atoms with Crippen LogP contribution in [0.25, 0.3) is 0 Å². The van der Waals surface area contributed by atoms with E-state index in [-0.39, 0.29) is 35.2 Å². The van der Waals surface area contributed by atoms with E-state index >= 15 is 0 Å². The lowest BCUT2D eigenvalue weighted by Crippen LogP contribution is -2.13. The van der Waals surface area contributed by atoms with Gasteiger partial charge in [0.1, 0.15) is 5.75 Å². The molecule has 17 heavy (non-hydrogen) atoms. The Balaban J connectivity index is 2.39. The maximum absolute atomic E-state index is 11.1. The zero-order chi connectivity index (χ0) is 12.6. The number of carbonyl (C=O) groups excluding carboxylic acids is 1. The standard InChI is InChI=1S/C11H12N2O4/c12-8-2-6(5-1-10(15)13-4-5)9(14)3-7(8)11(16)17/h2-3,5,14H,1,4,12H2,(H,13,15)(H,16,17). The van der Waals surface area contributed by atoms with Gasteiger partial charge in [-0.1, -0.05) is 0 Å². The molecule has 1 fully saturated rings. The van der Waals surface area contributed by atoms with Gasteiger partial charge in [0, 0.05) is 30.1 Å². The van der Waals surface area contributed by atoms with E-state index in [0.717, 1.165) is 6.07 Å². The van der Waals surface area contributed by atoms with Crippen LogP contribution < -0.4 is 11.1 Å². The fourth-order valence-electron chi connectivity index (χ4n) is 1.96. The van der Waals surface area contributed by atoms with Crippen molar-refractivity contribution in [2.45, 2.75) is 12.3 Å². The summed E-state index contributed by atoms with van der Waals surface area (Å²) in [6.45, 7) is 0.429. The third-order valence-electron chi connectivity index (χ3n) is 2.85. The topological polar surface area (TPSA) is 113 Å². The van der Waals surface area contributed by atoms with Crippen LogP contribution in [-0.2, 0) is 4.79 Å². The summed E-state index contributed by atoms with van der Waals surface area (Å²) in [5.41, 5.74) is 6.05. The van der Waals surface area contributed by atoms with E-state index in [0.29, 0.717) is 12.1 Å². The molecule has 1 saturated heterocycles. The maximum atomic E-state index is 11.1. The smallest absolute Gasteiger partial charge is 0.337 e. The van der Waals surface area contributed by atoms with Crippen molar-refractivity contribution < 1.29 is 19.8 Å². The van der Waals surface area contributed by atoms with Crippen molar-refractivity contribution in [2.24, 2.45) is 0 Å². The number of aromatic hydroxyl groups is 1. The average Bonchev–Trinajstić information content (AvgIpc) is 2.67. The Labute approximate surface area is 97.1 Å². The SMILES string of the molecule is Nc1cc(C2CNC(=O)C2)c(O)cc1C(=O)O. The highest BCUT2D eigenvalue weighted by Gasteiger charge is 2.26. The van der Waals surface area contributed by atoms with Crippen LogP contribution in [0.1, 0.15) is 28.3 Å². The van der Waals surface area contributed by atoms with Gasteiger partial charge >= 0.3 is 5.97 Å². The summed E-state index contributed by atoms with van der Waals surface area (Å²) in [5, 5.41) is 21.2. The summed E-state index contributed by atoms with van der Waals surface area (Å²) < 4.78 is 0. The Morgan fingerprint density at radius 2 is 2.18 bits per heavy atom. The zero-order valence-corrected chi connectivity index (χ0v) is 8.93. The minimum atomic E-state index is -1.19. The molecule has 6 heteroatoms. The van der Waals surface area contributed by atoms with Crippen LogP contribution in [0.2, 0.25) is 0 Å². The molecule has 0 saturated carbocycles. The second kappa shape index (κ2) is 3.97. The lowest BCUT2D eigenvalue weighted by atomic mass is 9.95. The van der Waals surface area contributed by atoms with Gasteiger partial charge in [-0.05, 0) is 12.1 Å². The number of hydrogen-bond donors (Lipinski definition) is 4. The molecular formula is C11H12N2O4. The number of anilines is 1.